The maximum absolute atomic E-state index is 12.2. The lowest BCUT2D eigenvalue weighted by atomic mass is 10.0. The van der Waals surface area contributed by atoms with E-state index in [1.165, 1.54) is 19.1 Å². The molecule has 0 aromatic heterocycles. The molecule has 0 radical (unpaired) electrons. The predicted molar refractivity (Wildman–Crippen MR) is 45.8 cm³/mol. The normalized spacial score (nSPS) is 14.1. The molecule has 5 heteroatoms. The molecule has 0 amide bonds. The monoisotopic (exact) mass is 205 g/mol. The van der Waals surface area contributed by atoms with Crippen LogP contribution in [0.1, 0.15) is 17.2 Å². The molecule has 1 aromatic rings. The minimum atomic E-state index is -4.49. The van der Waals surface area contributed by atoms with Gasteiger partial charge in [-0.05, 0) is 30.2 Å². The van der Waals surface area contributed by atoms with Gasteiger partial charge in [0, 0.05) is 0 Å². The van der Waals surface area contributed by atoms with E-state index in [4.69, 9.17) is 10.8 Å². The van der Waals surface area contributed by atoms with Crippen molar-refractivity contribution >= 4 is 0 Å². The van der Waals surface area contributed by atoms with Crippen molar-refractivity contribution in [3.05, 3.63) is 29.3 Å². The topological polar surface area (TPSA) is 46.2 Å². The molecule has 1 aromatic carbocycles. The number of benzene rings is 1. The van der Waals surface area contributed by atoms with E-state index < -0.39 is 12.2 Å². The van der Waals surface area contributed by atoms with E-state index in [1.54, 1.807) is 0 Å². The summed E-state index contributed by atoms with van der Waals surface area (Å²) in [4.78, 5) is 0. The number of phenolic OH excluding ortho intramolecular Hbond substituents is 1. The van der Waals surface area contributed by atoms with Gasteiger partial charge in [0.1, 0.15) is 11.8 Å². The molecule has 0 aliphatic rings. The Hall–Kier alpha value is -1.23. The second-order valence-corrected chi connectivity index (χ2v) is 3.06. The third kappa shape index (κ3) is 2.17. The van der Waals surface area contributed by atoms with E-state index in [1.807, 2.05) is 0 Å². The Morgan fingerprint density at radius 3 is 2.43 bits per heavy atom. The van der Waals surface area contributed by atoms with E-state index in [2.05, 4.69) is 0 Å². The Morgan fingerprint density at radius 1 is 1.36 bits per heavy atom. The minimum absolute atomic E-state index is 0.0995. The first-order chi connectivity index (χ1) is 6.32. The zero-order valence-corrected chi connectivity index (χ0v) is 7.47. The number of rotatable bonds is 1. The maximum atomic E-state index is 12.2. The first-order valence-electron chi connectivity index (χ1n) is 3.94. The van der Waals surface area contributed by atoms with E-state index in [0.29, 0.717) is 5.56 Å². The molecule has 0 fully saturated rings. The van der Waals surface area contributed by atoms with Crippen LogP contribution in [0.5, 0.6) is 5.75 Å². The Labute approximate surface area is 79.2 Å². The number of aromatic hydroxyl groups is 1. The van der Waals surface area contributed by atoms with Crippen molar-refractivity contribution in [2.75, 3.05) is 0 Å². The van der Waals surface area contributed by atoms with E-state index >= 15 is 0 Å². The Balaban J connectivity index is 3.12. The van der Waals surface area contributed by atoms with Crippen molar-refractivity contribution in [1.82, 2.24) is 0 Å². The second kappa shape index (κ2) is 3.49. The average molecular weight is 205 g/mol. The Bertz CT molecular complexity index is 335. The van der Waals surface area contributed by atoms with Crippen LogP contribution in [0.15, 0.2) is 18.2 Å². The number of halogens is 3. The molecule has 0 bridgehead atoms. The predicted octanol–water partition coefficient (Wildman–Crippen LogP) is 2.26. The maximum Gasteiger partial charge on any atom is 0.407 e. The number of phenols is 1. The van der Waals surface area contributed by atoms with Crippen molar-refractivity contribution in [2.45, 2.75) is 19.1 Å². The highest BCUT2D eigenvalue weighted by molar-refractivity contribution is 5.36. The van der Waals surface area contributed by atoms with Gasteiger partial charge in [-0.2, -0.15) is 13.2 Å². The smallest absolute Gasteiger partial charge is 0.407 e. The van der Waals surface area contributed by atoms with E-state index in [9.17, 15) is 13.2 Å². The fraction of sp³-hybridized carbons (Fsp3) is 0.333. The van der Waals surface area contributed by atoms with E-state index in [-0.39, 0.29) is 11.3 Å². The molecule has 1 rings (SSSR count). The van der Waals surface area contributed by atoms with Crippen LogP contribution in [0, 0.1) is 6.92 Å². The summed E-state index contributed by atoms with van der Waals surface area (Å²) in [5.41, 5.74) is 5.32. The largest absolute Gasteiger partial charge is 0.508 e. The lowest BCUT2D eigenvalue weighted by Gasteiger charge is -2.17. The fourth-order valence-electron chi connectivity index (χ4n) is 1.14. The van der Waals surface area contributed by atoms with Gasteiger partial charge in [-0.3, -0.25) is 0 Å². The summed E-state index contributed by atoms with van der Waals surface area (Å²) in [7, 11) is 0. The van der Waals surface area contributed by atoms with Crippen molar-refractivity contribution < 1.29 is 18.3 Å². The lowest BCUT2D eigenvalue weighted by Crippen LogP contribution is -2.29. The molecular weight excluding hydrogens is 195 g/mol. The van der Waals surface area contributed by atoms with Crippen LogP contribution in [0.4, 0.5) is 13.2 Å². The van der Waals surface area contributed by atoms with Crippen LogP contribution in [-0.2, 0) is 0 Å². The van der Waals surface area contributed by atoms with Gasteiger partial charge >= 0.3 is 6.18 Å². The molecule has 0 saturated heterocycles. The van der Waals surface area contributed by atoms with Gasteiger partial charge in [0.05, 0.1) is 0 Å². The van der Waals surface area contributed by atoms with Crippen LogP contribution < -0.4 is 5.73 Å². The van der Waals surface area contributed by atoms with Gasteiger partial charge in [-0.25, -0.2) is 0 Å². The van der Waals surface area contributed by atoms with Gasteiger partial charge in [-0.15, -0.1) is 0 Å². The second-order valence-electron chi connectivity index (χ2n) is 3.06. The van der Waals surface area contributed by atoms with Gasteiger partial charge in [0.15, 0.2) is 0 Å². The van der Waals surface area contributed by atoms with Gasteiger partial charge in [0.25, 0.3) is 0 Å². The molecular formula is C9H10F3NO. The zero-order valence-electron chi connectivity index (χ0n) is 7.47. The Kier molecular flexibility index (Phi) is 2.71. The molecule has 0 aliphatic carbocycles. The summed E-state index contributed by atoms with van der Waals surface area (Å²) in [6, 6.07) is 1.71. The number of nitrogens with two attached hydrogens (primary N) is 1. The standard InChI is InChI=1S/C9H10F3NO/c1-5-2-3-6(14)4-7(5)8(13)9(10,11)12/h2-4,8,14H,13H2,1H3/t8-/m1/s1. The number of alkyl halides is 3. The van der Waals surface area contributed by atoms with Crippen LogP contribution >= 0.6 is 0 Å². The summed E-state index contributed by atoms with van der Waals surface area (Å²) in [6.45, 7) is 1.51. The zero-order chi connectivity index (χ0) is 10.9. The third-order valence-electron chi connectivity index (χ3n) is 1.95. The summed E-state index contributed by atoms with van der Waals surface area (Å²) >= 11 is 0. The highest BCUT2D eigenvalue weighted by Gasteiger charge is 2.38. The number of hydrogen-bond donors (Lipinski definition) is 2. The van der Waals surface area contributed by atoms with Crippen molar-refractivity contribution in [3.8, 4) is 5.75 Å². The first-order valence-corrected chi connectivity index (χ1v) is 3.94. The van der Waals surface area contributed by atoms with Crippen molar-refractivity contribution in [1.29, 1.82) is 0 Å². The van der Waals surface area contributed by atoms with Gasteiger partial charge in [0.2, 0.25) is 0 Å². The average Bonchev–Trinajstić information content (AvgIpc) is 2.06. The molecule has 3 N–H and O–H groups in total. The minimum Gasteiger partial charge on any atom is -0.508 e. The molecule has 0 aliphatic heterocycles. The summed E-state index contributed by atoms with van der Waals surface area (Å²) in [6.07, 6.45) is -4.49. The molecule has 14 heavy (non-hydrogen) atoms. The van der Waals surface area contributed by atoms with Crippen molar-refractivity contribution in [3.63, 3.8) is 0 Å². The van der Waals surface area contributed by atoms with Crippen LogP contribution in [0.2, 0.25) is 0 Å². The number of hydrogen-bond acceptors (Lipinski definition) is 2. The van der Waals surface area contributed by atoms with Crippen molar-refractivity contribution in [2.24, 2.45) is 5.73 Å². The van der Waals surface area contributed by atoms with Crippen LogP contribution in [0.3, 0.4) is 0 Å². The van der Waals surface area contributed by atoms with Gasteiger partial charge < -0.3 is 10.8 Å². The molecule has 78 valence electrons. The Morgan fingerprint density at radius 2 is 1.93 bits per heavy atom. The molecule has 2 nitrogen and oxygen atoms in total. The summed E-state index contributed by atoms with van der Waals surface area (Å²) in [5, 5.41) is 9.03. The van der Waals surface area contributed by atoms with Crippen LogP contribution in [0.25, 0.3) is 0 Å². The summed E-state index contributed by atoms with van der Waals surface area (Å²) < 4.78 is 36.7. The summed E-state index contributed by atoms with van der Waals surface area (Å²) in [5.74, 6) is -0.217. The molecule has 0 spiro atoms. The molecule has 0 unspecified atom stereocenters. The number of aryl methyl sites for hydroxylation is 1. The quantitative estimate of drug-likeness (QED) is 0.738. The highest BCUT2D eigenvalue weighted by atomic mass is 19.4. The van der Waals surface area contributed by atoms with E-state index in [0.717, 1.165) is 6.07 Å². The first kappa shape index (κ1) is 10.8. The van der Waals surface area contributed by atoms with Crippen LogP contribution in [-0.4, -0.2) is 11.3 Å². The highest BCUT2D eigenvalue weighted by Crippen LogP contribution is 2.33. The van der Waals surface area contributed by atoms with Gasteiger partial charge in [-0.1, -0.05) is 6.07 Å². The molecule has 0 heterocycles. The molecule has 1 atom stereocenters. The SMILES string of the molecule is Cc1ccc(O)cc1[C@@H](N)C(F)(F)F. The lowest BCUT2D eigenvalue weighted by molar-refractivity contribution is -0.149. The third-order valence-corrected chi connectivity index (χ3v) is 1.95. The fourth-order valence-corrected chi connectivity index (χ4v) is 1.14. The molecule has 0 saturated carbocycles.